The summed E-state index contributed by atoms with van der Waals surface area (Å²) in [4.78, 5) is 31.1. The molecule has 0 aliphatic carbocycles. The molecule has 0 fully saturated rings. The highest BCUT2D eigenvalue weighted by Crippen LogP contribution is 2.34. The smallest absolute Gasteiger partial charge is 0.263 e. The van der Waals surface area contributed by atoms with Gasteiger partial charge in [0.1, 0.15) is 16.5 Å². The van der Waals surface area contributed by atoms with Crippen LogP contribution in [-0.4, -0.2) is 21.2 Å². The van der Waals surface area contributed by atoms with Gasteiger partial charge < -0.3 is 5.32 Å². The molecule has 10 heteroatoms. The van der Waals surface area contributed by atoms with Crippen molar-refractivity contribution >= 4 is 56.2 Å². The van der Waals surface area contributed by atoms with Crippen LogP contribution in [0.3, 0.4) is 0 Å². The highest BCUT2D eigenvalue weighted by molar-refractivity contribution is 7.99. The van der Waals surface area contributed by atoms with E-state index in [0.717, 1.165) is 34.3 Å². The fourth-order valence-electron chi connectivity index (χ4n) is 2.70. The van der Waals surface area contributed by atoms with Crippen LogP contribution in [0.25, 0.3) is 20.7 Å². The van der Waals surface area contributed by atoms with E-state index in [-0.39, 0.29) is 17.0 Å². The molecule has 0 spiro atoms. The van der Waals surface area contributed by atoms with Crippen molar-refractivity contribution in [2.24, 2.45) is 7.05 Å². The molecule has 3 heterocycles. The van der Waals surface area contributed by atoms with Crippen LogP contribution in [0.5, 0.6) is 0 Å². The van der Waals surface area contributed by atoms with Gasteiger partial charge in [0.15, 0.2) is 5.16 Å². The lowest BCUT2D eigenvalue weighted by Crippen LogP contribution is -2.21. The van der Waals surface area contributed by atoms with E-state index in [1.165, 1.54) is 15.9 Å². The number of hydrogen-bond donors (Lipinski definition) is 1. The molecular weight excluding hydrogens is 436 g/mol. The molecule has 1 N–H and O–H groups in total. The lowest BCUT2D eigenvalue weighted by atomic mass is 10.2. The van der Waals surface area contributed by atoms with Crippen LogP contribution in [-0.2, 0) is 11.8 Å². The minimum Gasteiger partial charge on any atom is -0.323 e. The van der Waals surface area contributed by atoms with Crippen molar-refractivity contribution in [3.8, 4) is 10.4 Å². The van der Waals surface area contributed by atoms with E-state index in [4.69, 9.17) is 0 Å². The van der Waals surface area contributed by atoms with Gasteiger partial charge in [-0.15, -0.1) is 22.7 Å². The fourth-order valence-corrected chi connectivity index (χ4v) is 5.28. The van der Waals surface area contributed by atoms with E-state index in [9.17, 15) is 18.4 Å². The summed E-state index contributed by atoms with van der Waals surface area (Å²) >= 11 is 3.99. The Hall–Kier alpha value is -2.56. The average molecular weight is 450 g/mol. The summed E-state index contributed by atoms with van der Waals surface area (Å²) in [5.74, 6) is -2.14. The number of benzene rings is 1. The van der Waals surface area contributed by atoms with Gasteiger partial charge >= 0.3 is 0 Å². The SMILES string of the molecule is Cn1c(SCC(=O)Nc2ccc(F)cc2F)nc2scc(-c3cccs3)c2c1=O. The number of halogens is 2. The third kappa shape index (κ3) is 3.96. The molecule has 0 atom stereocenters. The first-order chi connectivity index (χ1) is 13.9. The first kappa shape index (κ1) is 19.7. The molecule has 3 aromatic heterocycles. The molecule has 5 nitrogen and oxygen atoms in total. The number of thiophene rings is 2. The third-order valence-corrected chi connectivity index (χ3v) is 6.90. The Morgan fingerprint density at radius 1 is 1.28 bits per heavy atom. The van der Waals surface area contributed by atoms with E-state index >= 15 is 0 Å². The summed E-state index contributed by atoms with van der Waals surface area (Å²) in [5, 5.41) is 7.19. The molecule has 0 aliphatic rings. The molecule has 4 rings (SSSR count). The topological polar surface area (TPSA) is 64.0 Å². The van der Waals surface area contributed by atoms with Gasteiger partial charge in [-0.3, -0.25) is 14.2 Å². The lowest BCUT2D eigenvalue weighted by Gasteiger charge is -2.09. The molecule has 0 radical (unpaired) electrons. The van der Waals surface area contributed by atoms with Crippen molar-refractivity contribution in [3.63, 3.8) is 0 Å². The van der Waals surface area contributed by atoms with Crippen LogP contribution in [0, 0.1) is 11.6 Å². The minimum absolute atomic E-state index is 0.0776. The van der Waals surface area contributed by atoms with Gasteiger partial charge in [-0.05, 0) is 23.6 Å². The van der Waals surface area contributed by atoms with E-state index in [0.29, 0.717) is 21.4 Å². The maximum Gasteiger partial charge on any atom is 0.263 e. The molecule has 0 saturated carbocycles. The zero-order chi connectivity index (χ0) is 20.5. The first-order valence-corrected chi connectivity index (χ1v) is 11.1. The van der Waals surface area contributed by atoms with Gasteiger partial charge in [0, 0.05) is 28.9 Å². The van der Waals surface area contributed by atoms with Crippen LogP contribution in [0.2, 0.25) is 0 Å². The Labute approximate surface area is 176 Å². The van der Waals surface area contributed by atoms with Crippen molar-refractivity contribution in [1.29, 1.82) is 0 Å². The zero-order valence-corrected chi connectivity index (χ0v) is 17.4. The second kappa shape index (κ2) is 8.05. The van der Waals surface area contributed by atoms with Crippen LogP contribution >= 0.6 is 34.4 Å². The summed E-state index contributed by atoms with van der Waals surface area (Å²) < 4.78 is 28.0. The number of carbonyl (C=O) groups excluding carboxylic acids is 1. The van der Waals surface area contributed by atoms with Crippen molar-refractivity contribution in [2.75, 3.05) is 11.1 Å². The molecule has 148 valence electrons. The second-order valence-electron chi connectivity index (χ2n) is 6.03. The van der Waals surface area contributed by atoms with Crippen LogP contribution < -0.4 is 10.9 Å². The molecule has 1 amide bonds. The summed E-state index contributed by atoms with van der Waals surface area (Å²) in [6, 6.07) is 6.79. The van der Waals surface area contributed by atoms with Crippen molar-refractivity contribution < 1.29 is 13.6 Å². The molecule has 4 aromatic rings. The summed E-state index contributed by atoms with van der Waals surface area (Å²) in [6.07, 6.45) is 0. The molecule has 0 saturated heterocycles. The number of rotatable bonds is 5. The number of hydrogen-bond acceptors (Lipinski definition) is 6. The highest BCUT2D eigenvalue weighted by atomic mass is 32.2. The number of nitrogens with one attached hydrogen (secondary N) is 1. The molecule has 1 aromatic carbocycles. The Balaban J connectivity index is 1.55. The number of amides is 1. The lowest BCUT2D eigenvalue weighted by molar-refractivity contribution is -0.113. The number of aromatic nitrogens is 2. The third-order valence-electron chi connectivity index (χ3n) is 4.10. The molecule has 0 bridgehead atoms. The predicted molar refractivity (Wildman–Crippen MR) is 114 cm³/mol. The highest BCUT2D eigenvalue weighted by Gasteiger charge is 2.17. The van der Waals surface area contributed by atoms with Gasteiger partial charge in [-0.1, -0.05) is 17.8 Å². The van der Waals surface area contributed by atoms with E-state index in [2.05, 4.69) is 10.3 Å². The van der Waals surface area contributed by atoms with E-state index in [1.807, 2.05) is 22.9 Å². The Bertz CT molecular complexity index is 1270. The Morgan fingerprint density at radius 2 is 2.10 bits per heavy atom. The summed E-state index contributed by atoms with van der Waals surface area (Å²) in [6.45, 7) is 0. The zero-order valence-electron chi connectivity index (χ0n) is 14.9. The number of nitrogens with zero attached hydrogens (tertiary/aromatic N) is 2. The van der Waals surface area contributed by atoms with Crippen LogP contribution in [0.1, 0.15) is 0 Å². The Morgan fingerprint density at radius 3 is 2.83 bits per heavy atom. The van der Waals surface area contributed by atoms with Gasteiger partial charge in [-0.2, -0.15) is 0 Å². The largest absolute Gasteiger partial charge is 0.323 e. The van der Waals surface area contributed by atoms with Gasteiger partial charge in [0.2, 0.25) is 5.91 Å². The van der Waals surface area contributed by atoms with Crippen molar-refractivity contribution in [2.45, 2.75) is 5.16 Å². The van der Waals surface area contributed by atoms with Crippen molar-refractivity contribution in [1.82, 2.24) is 9.55 Å². The second-order valence-corrected chi connectivity index (χ2v) is 8.77. The van der Waals surface area contributed by atoms with E-state index < -0.39 is 17.5 Å². The summed E-state index contributed by atoms with van der Waals surface area (Å²) in [7, 11) is 1.60. The van der Waals surface area contributed by atoms with E-state index in [1.54, 1.807) is 18.4 Å². The molecule has 0 unspecified atom stereocenters. The number of fused-ring (bicyclic) bond motifs is 1. The van der Waals surface area contributed by atoms with Gasteiger partial charge in [0.05, 0.1) is 16.8 Å². The average Bonchev–Trinajstić information content (AvgIpc) is 3.35. The first-order valence-electron chi connectivity index (χ1n) is 8.34. The fraction of sp³-hybridized carbons (Fsp3) is 0.105. The normalized spacial score (nSPS) is 11.1. The predicted octanol–water partition coefficient (Wildman–Crippen LogP) is 4.73. The minimum atomic E-state index is -0.852. The Kier molecular flexibility index (Phi) is 5.48. The van der Waals surface area contributed by atoms with Gasteiger partial charge in [0.25, 0.3) is 5.56 Å². The standard InChI is InChI=1S/C19H13F2N3O2S3/c1-24-18(26)16-11(14-3-2-6-27-14)8-28-17(16)23-19(24)29-9-15(25)22-13-5-4-10(20)7-12(13)21/h2-8H,9H2,1H3,(H,22,25). The molecule has 0 aliphatic heterocycles. The van der Waals surface area contributed by atoms with Crippen LogP contribution in [0.4, 0.5) is 14.5 Å². The maximum atomic E-state index is 13.7. The summed E-state index contributed by atoms with van der Waals surface area (Å²) in [5.41, 5.74) is 0.564. The molecular formula is C19H13F2N3O2S3. The monoisotopic (exact) mass is 449 g/mol. The van der Waals surface area contributed by atoms with Gasteiger partial charge in [-0.25, -0.2) is 13.8 Å². The van der Waals surface area contributed by atoms with Crippen molar-refractivity contribution in [3.05, 3.63) is 63.1 Å². The number of carbonyl (C=O) groups is 1. The molecule has 29 heavy (non-hydrogen) atoms. The maximum absolute atomic E-state index is 13.7. The number of thioether (sulfide) groups is 1. The van der Waals surface area contributed by atoms with Crippen LogP contribution in [0.15, 0.2) is 51.0 Å². The quantitative estimate of drug-likeness (QED) is 0.353. The number of anilines is 1.